The normalized spacial score (nSPS) is 12.9. The van der Waals surface area contributed by atoms with Gasteiger partial charge in [0.1, 0.15) is 12.6 Å². The third-order valence-electron chi connectivity index (χ3n) is 6.28. The maximum absolute atomic E-state index is 13.9. The average molecular weight is 611 g/mol. The van der Waals surface area contributed by atoms with Crippen molar-refractivity contribution in [3.63, 3.8) is 0 Å². The van der Waals surface area contributed by atoms with Crippen LogP contribution in [0.4, 0.5) is 5.69 Å². The predicted molar refractivity (Wildman–Crippen MR) is 157 cm³/mol. The minimum absolute atomic E-state index is 0.0102. The molecular formula is C28H30Cl3N3O4S. The molecule has 0 fully saturated rings. The Morgan fingerprint density at radius 2 is 1.46 bits per heavy atom. The molecule has 11 heteroatoms. The van der Waals surface area contributed by atoms with Crippen LogP contribution < -0.4 is 9.62 Å². The van der Waals surface area contributed by atoms with E-state index in [4.69, 9.17) is 34.8 Å². The summed E-state index contributed by atoms with van der Waals surface area (Å²) in [6.45, 7) is 4.68. The van der Waals surface area contributed by atoms with Crippen LogP contribution in [0, 0.1) is 0 Å². The molecule has 3 aromatic rings. The Morgan fingerprint density at radius 1 is 0.872 bits per heavy atom. The summed E-state index contributed by atoms with van der Waals surface area (Å²) in [5.74, 6) is -1.00. The molecule has 7 nitrogen and oxygen atoms in total. The lowest BCUT2D eigenvalue weighted by Crippen LogP contribution is -2.52. The third-order valence-corrected chi connectivity index (χ3v) is 9.03. The SMILES string of the molecule is CC[C@H](C)NC(=O)[C@H](C)N(Cc1c(Cl)cccc1Cl)C(=O)CN(c1ccc(Cl)cc1)S(=O)(=O)c1ccccc1. The Hall–Kier alpha value is -2.78. The maximum Gasteiger partial charge on any atom is 0.264 e. The number of anilines is 1. The molecule has 0 spiro atoms. The molecule has 0 aliphatic carbocycles. The second-order valence-electron chi connectivity index (χ2n) is 9.02. The van der Waals surface area contributed by atoms with Crippen molar-refractivity contribution >= 4 is 62.3 Å². The molecule has 0 aliphatic rings. The first-order valence-electron chi connectivity index (χ1n) is 12.3. The topological polar surface area (TPSA) is 86.8 Å². The minimum Gasteiger partial charge on any atom is -0.352 e. The molecule has 0 radical (unpaired) electrons. The summed E-state index contributed by atoms with van der Waals surface area (Å²) in [5.41, 5.74) is 0.686. The van der Waals surface area contributed by atoms with Gasteiger partial charge >= 0.3 is 0 Å². The number of nitrogens with one attached hydrogen (secondary N) is 1. The summed E-state index contributed by atoms with van der Waals surface area (Å²) in [7, 11) is -4.16. The molecule has 0 heterocycles. The zero-order chi connectivity index (χ0) is 28.7. The van der Waals surface area contributed by atoms with E-state index in [0.29, 0.717) is 27.1 Å². The smallest absolute Gasteiger partial charge is 0.264 e. The van der Waals surface area contributed by atoms with Crippen molar-refractivity contribution in [2.75, 3.05) is 10.8 Å². The zero-order valence-corrected chi connectivity index (χ0v) is 24.9. The first-order valence-corrected chi connectivity index (χ1v) is 14.9. The zero-order valence-electron chi connectivity index (χ0n) is 21.8. The van der Waals surface area contributed by atoms with Gasteiger partial charge in [-0.05, 0) is 68.8 Å². The van der Waals surface area contributed by atoms with E-state index in [1.165, 1.54) is 29.2 Å². The molecule has 3 aromatic carbocycles. The van der Waals surface area contributed by atoms with Gasteiger partial charge in [-0.25, -0.2) is 8.42 Å². The van der Waals surface area contributed by atoms with E-state index in [9.17, 15) is 18.0 Å². The fourth-order valence-electron chi connectivity index (χ4n) is 3.76. The van der Waals surface area contributed by atoms with E-state index >= 15 is 0 Å². The molecule has 0 aliphatic heterocycles. The van der Waals surface area contributed by atoms with Crippen molar-refractivity contribution in [1.82, 2.24) is 10.2 Å². The lowest BCUT2D eigenvalue weighted by molar-refractivity contribution is -0.139. The van der Waals surface area contributed by atoms with Gasteiger partial charge in [-0.15, -0.1) is 0 Å². The Balaban J connectivity index is 2.05. The van der Waals surface area contributed by atoms with Gasteiger partial charge < -0.3 is 10.2 Å². The number of sulfonamides is 1. The Labute approximate surface area is 244 Å². The monoisotopic (exact) mass is 609 g/mol. The number of carbonyl (C=O) groups is 2. The fraction of sp³-hybridized carbons (Fsp3) is 0.286. The van der Waals surface area contributed by atoms with Gasteiger partial charge in [-0.2, -0.15) is 0 Å². The second kappa shape index (κ2) is 13.5. The number of hydrogen-bond donors (Lipinski definition) is 1. The molecule has 39 heavy (non-hydrogen) atoms. The summed E-state index contributed by atoms with van der Waals surface area (Å²) in [5, 5.41) is 3.93. The summed E-state index contributed by atoms with van der Waals surface area (Å²) < 4.78 is 28.5. The highest BCUT2D eigenvalue weighted by Gasteiger charge is 2.33. The van der Waals surface area contributed by atoms with Crippen LogP contribution >= 0.6 is 34.8 Å². The number of halogens is 3. The van der Waals surface area contributed by atoms with Crippen LogP contribution in [0.3, 0.4) is 0 Å². The van der Waals surface area contributed by atoms with E-state index in [-0.39, 0.29) is 29.1 Å². The van der Waals surface area contributed by atoms with Crippen LogP contribution in [0.1, 0.15) is 32.8 Å². The van der Waals surface area contributed by atoms with E-state index < -0.39 is 28.5 Å². The molecule has 0 bridgehead atoms. The van der Waals surface area contributed by atoms with Crippen molar-refractivity contribution in [2.45, 2.75) is 50.7 Å². The van der Waals surface area contributed by atoms with Crippen LogP contribution in [0.15, 0.2) is 77.7 Å². The molecular weight excluding hydrogens is 581 g/mol. The van der Waals surface area contributed by atoms with Crippen LogP contribution in [0.25, 0.3) is 0 Å². The summed E-state index contributed by atoms with van der Waals surface area (Å²) in [6.07, 6.45) is 0.697. The fourth-order valence-corrected chi connectivity index (χ4v) is 5.84. The van der Waals surface area contributed by atoms with Crippen LogP contribution in [-0.2, 0) is 26.2 Å². The highest BCUT2D eigenvalue weighted by molar-refractivity contribution is 7.92. The van der Waals surface area contributed by atoms with Crippen molar-refractivity contribution in [1.29, 1.82) is 0 Å². The molecule has 0 saturated carbocycles. The quantitative estimate of drug-likeness (QED) is 0.281. The van der Waals surface area contributed by atoms with E-state index in [0.717, 1.165) is 4.31 Å². The Kier molecular flexibility index (Phi) is 10.7. The number of benzene rings is 3. The molecule has 208 valence electrons. The maximum atomic E-state index is 13.9. The molecule has 0 saturated heterocycles. The highest BCUT2D eigenvalue weighted by Crippen LogP contribution is 2.28. The Bertz CT molecular complexity index is 1380. The van der Waals surface area contributed by atoms with E-state index in [1.807, 2.05) is 13.8 Å². The van der Waals surface area contributed by atoms with Gasteiger partial charge in [0.05, 0.1) is 10.6 Å². The summed E-state index contributed by atoms with van der Waals surface area (Å²) >= 11 is 18.8. The molecule has 1 N–H and O–H groups in total. The number of rotatable bonds is 11. The largest absolute Gasteiger partial charge is 0.352 e. The highest BCUT2D eigenvalue weighted by atomic mass is 35.5. The molecule has 3 rings (SSSR count). The summed E-state index contributed by atoms with van der Waals surface area (Å²) in [6, 6.07) is 17.8. The number of nitrogens with zero attached hydrogens (tertiary/aromatic N) is 2. The van der Waals surface area contributed by atoms with Crippen LogP contribution in [0.2, 0.25) is 15.1 Å². The van der Waals surface area contributed by atoms with Crippen molar-refractivity contribution in [3.8, 4) is 0 Å². The first-order chi connectivity index (χ1) is 18.4. The lowest BCUT2D eigenvalue weighted by atomic mass is 10.1. The van der Waals surface area contributed by atoms with Gasteiger partial charge in [-0.3, -0.25) is 13.9 Å². The number of amides is 2. The van der Waals surface area contributed by atoms with Gasteiger partial charge in [0.15, 0.2) is 0 Å². The molecule has 0 unspecified atom stereocenters. The van der Waals surface area contributed by atoms with Gasteiger partial charge in [0.2, 0.25) is 11.8 Å². The van der Waals surface area contributed by atoms with Crippen molar-refractivity contribution in [3.05, 3.63) is 93.4 Å². The average Bonchev–Trinajstić information content (AvgIpc) is 2.92. The van der Waals surface area contributed by atoms with E-state index in [2.05, 4.69) is 5.32 Å². The van der Waals surface area contributed by atoms with Crippen LogP contribution in [0.5, 0.6) is 0 Å². The third kappa shape index (κ3) is 7.66. The first kappa shape index (κ1) is 30.8. The summed E-state index contributed by atoms with van der Waals surface area (Å²) in [4.78, 5) is 28.3. The minimum atomic E-state index is -4.16. The molecule has 0 aromatic heterocycles. The van der Waals surface area contributed by atoms with Gasteiger partial charge in [0, 0.05) is 33.2 Å². The molecule has 2 amide bonds. The molecule has 2 atom stereocenters. The van der Waals surface area contributed by atoms with Gasteiger partial charge in [0.25, 0.3) is 10.0 Å². The van der Waals surface area contributed by atoms with Crippen molar-refractivity contribution in [2.24, 2.45) is 0 Å². The van der Waals surface area contributed by atoms with Gasteiger partial charge in [-0.1, -0.05) is 66.0 Å². The van der Waals surface area contributed by atoms with E-state index in [1.54, 1.807) is 55.5 Å². The van der Waals surface area contributed by atoms with Crippen molar-refractivity contribution < 1.29 is 18.0 Å². The lowest BCUT2D eigenvalue weighted by Gasteiger charge is -2.32. The Morgan fingerprint density at radius 3 is 2.03 bits per heavy atom. The number of carbonyl (C=O) groups excluding carboxylic acids is 2. The predicted octanol–water partition coefficient (Wildman–Crippen LogP) is 6.17. The number of hydrogen-bond acceptors (Lipinski definition) is 4. The van der Waals surface area contributed by atoms with Crippen LogP contribution in [-0.4, -0.2) is 43.8 Å². The standard InChI is InChI=1S/C28H30Cl3N3O4S/c1-4-19(2)32-28(36)20(3)33(17-24-25(30)11-8-12-26(24)31)27(35)18-34(22-15-13-21(29)14-16-22)39(37,38)23-9-6-5-7-10-23/h5-16,19-20H,4,17-18H2,1-3H3,(H,32,36)/t19-,20-/m0/s1. The second-order valence-corrected chi connectivity index (χ2v) is 12.1.